The summed E-state index contributed by atoms with van der Waals surface area (Å²) in [5.41, 5.74) is 1.78. The van der Waals surface area contributed by atoms with Crippen LogP contribution >= 0.6 is 0 Å². The van der Waals surface area contributed by atoms with Gasteiger partial charge >= 0.3 is 0 Å². The molecule has 1 aromatic carbocycles. The summed E-state index contributed by atoms with van der Waals surface area (Å²) in [4.78, 5) is 30.0. The predicted octanol–water partition coefficient (Wildman–Crippen LogP) is 3.38. The molecule has 1 amide bonds. The maximum Gasteiger partial charge on any atom is 0.261 e. The first-order valence-electron chi connectivity index (χ1n) is 8.49. The lowest BCUT2D eigenvalue weighted by Crippen LogP contribution is -2.24. The lowest BCUT2D eigenvalue weighted by atomic mass is 10.1. The third-order valence-electron chi connectivity index (χ3n) is 4.10. The molecular formula is C20H21N3O3. The number of aromatic nitrogens is 2. The van der Waals surface area contributed by atoms with E-state index in [2.05, 4.69) is 10.3 Å². The Labute approximate surface area is 151 Å². The molecule has 2 aromatic heterocycles. The molecule has 0 radical (unpaired) electrons. The third-order valence-corrected chi connectivity index (χ3v) is 4.10. The van der Waals surface area contributed by atoms with Crippen LogP contribution in [0.3, 0.4) is 0 Å². The van der Waals surface area contributed by atoms with Gasteiger partial charge in [0, 0.05) is 30.2 Å². The highest BCUT2D eigenvalue weighted by atomic mass is 16.5. The number of carbonyl (C=O) groups is 1. The van der Waals surface area contributed by atoms with Crippen molar-refractivity contribution in [1.82, 2.24) is 9.55 Å². The number of amides is 1. The number of hydrogen-bond acceptors (Lipinski definition) is 4. The van der Waals surface area contributed by atoms with Gasteiger partial charge in [-0.15, -0.1) is 0 Å². The molecule has 0 aliphatic carbocycles. The number of hydrogen-bond donors (Lipinski definition) is 1. The topological polar surface area (TPSA) is 73.2 Å². The number of ether oxygens (including phenoxy) is 1. The second-order valence-electron chi connectivity index (χ2n) is 6.08. The van der Waals surface area contributed by atoms with Crippen LogP contribution < -0.4 is 15.5 Å². The fraction of sp³-hybridized carbons (Fsp3) is 0.250. The van der Waals surface area contributed by atoms with Gasteiger partial charge in [0.1, 0.15) is 17.0 Å². The molecular weight excluding hydrogens is 330 g/mol. The zero-order chi connectivity index (χ0) is 18.7. The van der Waals surface area contributed by atoms with E-state index in [0.29, 0.717) is 29.0 Å². The lowest BCUT2D eigenvalue weighted by Gasteiger charge is -2.13. The molecule has 3 aromatic rings. The molecule has 0 aliphatic heterocycles. The van der Waals surface area contributed by atoms with Crippen LogP contribution in [0.4, 0.5) is 5.69 Å². The van der Waals surface area contributed by atoms with Crippen molar-refractivity contribution >= 4 is 22.6 Å². The van der Waals surface area contributed by atoms with Crippen molar-refractivity contribution in [3.05, 3.63) is 64.1 Å². The minimum absolute atomic E-state index is 0.0967. The Hall–Kier alpha value is -3.15. The zero-order valence-electron chi connectivity index (χ0n) is 15.1. The number of fused-ring (bicyclic) bond motifs is 1. The first-order valence-corrected chi connectivity index (χ1v) is 8.49. The summed E-state index contributed by atoms with van der Waals surface area (Å²) in [6.07, 6.45) is 2.46. The molecule has 0 fully saturated rings. The van der Waals surface area contributed by atoms with E-state index in [1.807, 2.05) is 18.4 Å². The summed E-state index contributed by atoms with van der Waals surface area (Å²) in [5.74, 6) is 0.181. The number of rotatable bonds is 5. The zero-order valence-corrected chi connectivity index (χ0v) is 15.1. The van der Waals surface area contributed by atoms with E-state index in [1.165, 1.54) is 0 Å². The number of benzene rings is 1. The van der Waals surface area contributed by atoms with Gasteiger partial charge in [-0.3, -0.25) is 9.59 Å². The van der Waals surface area contributed by atoms with Crippen molar-refractivity contribution in [2.45, 2.75) is 26.8 Å². The van der Waals surface area contributed by atoms with Crippen LogP contribution in [0.1, 0.15) is 29.4 Å². The van der Waals surface area contributed by atoms with Crippen LogP contribution in [0.15, 0.2) is 47.4 Å². The van der Waals surface area contributed by atoms with Crippen LogP contribution in [-0.4, -0.2) is 22.6 Å². The summed E-state index contributed by atoms with van der Waals surface area (Å²) < 4.78 is 7.03. The molecule has 0 saturated heterocycles. The van der Waals surface area contributed by atoms with E-state index in [9.17, 15) is 9.59 Å². The molecule has 0 atom stereocenters. The Morgan fingerprint density at radius 1 is 1.27 bits per heavy atom. The van der Waals surface area contributed by atoms with Crippen molar-refractivity contribution < 1.29 is 9.53 Å². The van der Waals surface area contributed by atoms with Crippen LogP contribution in [-0.2, 0) is 6.54 Å². The predicted molar refractivity (Wildman–Crippen MR) is 102 cm³/mol. The molecule has 6 nitrogen and oxygen atoms in total. The molecule has 0 spiro atoms. The van der Waals surface area contributed by atoms with Gasteiger partial charge < -0.3 is 14.6 Å². The minimum Gasteiger partial charge on any atom is -0.497 e. The third kappa shape index (κ3) is 3.44. The fourth-order valence-corrected chi connectivity index (χ4v) is 2.83. The Kier molecular flexibility index (Phi) is 5.02. The maximum absolute atomic E-state index is 12.8. The molecule has 3 rings (SSSR count). The van der Waals surface area contributed by atoms with Gasteiger partial charge in [0.15, 0.2) is 0 Å². The molecule has 134 valence electrons. The summed E-state index contributed by atoms with van der Waals surface area (Å²) in [6.45, 7) is 4.59. The summed E-state index contributed by atoms with van der Waals surface area (Å²) in [6, 6.07) is 10.5. The second kappa shape index (κ2) is 7.39. The van der Waals surface area contributed by atoms with Crippen molar-refractivity contribution in [3.63, 3.8) is 0 Å². The van der Waals surface area contributed by atoms with Crippen molar-refractivity contribution in [2.75, 3.05) is 12.4 Å². The lowest BCUT2D eigenvalue weighted by molar-refractivity contribution is 0.102. The molecule has 1 N–H and O–H groups in total. The molecule has 6 heteroatoms. The number of methoxy groups -OCH3 is 1. The minimum atomic E-state index is -0.449. The number of nitrogens with zero attached hydrogens (tertiary/aromatic N) is 2. The summed E-state index contributed by atoms with van der Waals surface area (Å²) in [5, 5.41) is 3.21. The Morgan fingerprint density at radius 3 is 2.81 bits per heavy atom. The first-order chi connectivity index (χ1) is 12.5. The average Bonchev–Trinajstić information content (AvgIpc) is 2.64. The second-order valence-corrected chi connectivity index (χ2v) is 6.08. The van der Waals surface area contributed by atoms with Crippen molar-refractivity contribution in [2.24, 2.45) is 0 Å². The smallest absolute Gasteiger partial charge is 0.261 e. The number of aryl methyl sites for hydroxylation is 2. The number of nitrogens with one attached hydrogen (secondary N) is 1. The number of carbonyl (C=O) groups excluding carboxylic acids is 1. The molecule has 26 heavy (non-hydrogen) atoms. The highest BCUT2D eigenvalue weighted by Crippen LogP contribution is 2.18. The molecule has 0 saturated carbocycles. The standard InChI is InChI=1S/C20H21N3O3/c1-4-10-23-12-17(18(24)16-9-8-13(2)21-19(16)23)20(25)22-14-6-5-7-15(11-14)26-3/h5-9,11-12H,4,10H2,1-3H3,(H,22,25). The van der Waals surface area contributed by atoms with Gasteiger partial charge in [0.25, 0.3) is 5.91 Å². The number of pyridine rings is 2. The number of anilines is 1. The van der Waals surface area contributed by atoms with E-state index < -0.39 is 5.91 Å². The highest BCUT2D eigenvalue weighted by molar-refractivity contribution is 6.05. The first kappa shape index (κ1) is 17.7. The van der Waals surface area contributed by atoms with Gasteiger partial charge in [0.05, 0.1) is 12.5 Å². The normalized spacial score (nSPS) is 10.7. The van der Waals surface area contributed by atoms with E-state index in [1.54, 1.807) is 49.7 Å². The fourth-order valence-electron chi connectivity index (χ4n) is 2.83. The quantitative estimate of drug-likeness (QED) is 0.765. The van der Waals surface area contributed by atoms with Gasteiger partial charge in [-0.25, -0.2) is 4.98 Å². The van der Waals surface area contributed by atoms with Crippen molar-refractivity contribution in [1.29, 1.82) is 0 Å². The van der Waals surface area contributed by atoms with E-state index >= 15 is 0 Å². The van der Waals surface area contributed by atoms with Crippen LogP contribution in [0.5, 0.6) is 5.75 Å². The van der Waals surface area contributed by atoms with Gasteiger partial charge in [0.2, 0.25) is 5.43 Å². The van der Waals surface area contributed by atoms with Crippen molar-refractivity contribution in [3.8, 4) is 5.75 Å². The largest absolute Gasteiger partial charge is 0.497 e. The van der Waals surface area contributed by atoms with E-state index in [4.69, 9.17) is 4.74 Å². The van der Waals surface area contributed by atoms with Crippen LogP contribution in [0, 0.1) is 6.92 Å². The Balaban J connectivity index is 2.06. The van der Waals surface area contributed by atoms with Gasteiger partial charge in [-0.05, 0) is 37.6 Å². The van der Waals surface area contributed by atoms with Gasteiger partial charge in [-0.1, -0.05) is 13.0 Å². The molecule has 2 heterocycles. The molecule has 0 unspecified atom stereocenters. The van der Waals surface area contributed by atoms with Crippen LogP contribution in [0.2, 0.25) is 0 Å². The van der Waals surface area contributed by atoms with E-state index in [-0.39, 0.29) is 11.0 Å². The SMILES string of the molecule is CCCn1cc(C(=O)Nc2cccc(OC)c2)c(=O)c2ccc(C)nc21. The Morgan fingerprint density at radius 2 is 2.08 bits per heavy atom. The molecule has 0 aliphatic rings. The summed E-state index contributed by atoms with van der Waals surface area (Å²) >= 11 is 0. The monoisotopic (exact) mass is 351 g/mol. The molecule has 0 bridgehead atoms. The van der Waals surface area contributed by atoms with E-state index in [0.717, 1.165) is 12.1 Å². The maximum atomic E-state index is 12.8. The van der Waals surface area contributed by atoms with Crippen LogP contribution in [0.25, 0.3) is 11.0 Å². The summed E-state index contributed by atoms with van der Waals surface area (Å²) in [7, 11) is 1.56. The average molecular weight is 351 g/mol. The Bertz CT molecular complexity index is 1020. The highest BCUT2D eigenvalue weighted by Gasteiger charge is 2.16. The van der Waals surface area contributed by atoms with Gasteiger partial charge in [-0.2, -0.15) is 0 Å².